The Morgan fingerprint density at radius 1 is 1.24 bits per heavy atom. The van der Waals surface area contributed by atoms with Crippen LogP contribution in [-0.4, -0.2) is 37.5 Å². The number of hydrogen-bond acceptors (Lipinski definition) is 7. The van der Waals surface area contributed by atoms with E-state index >= 15 is 0 Å². The van der Waals surface area contributed by atoms with Crippen LogP contribution in [0.2, 0.25) is 10.0 Å². The van der Waals surface area contributed by atoms with Gasteiger partial charge in [-0.3, -0.25) is 15.4 Å². The predicted octanol–water partition coefficient (Wildman–Crippen LogP) is 4.71. The first-order valence-corrected chi connectivity index (χ1v) is 11.6. The van der Waals surface area contributed by atoms with E-state index in [1.807, 2.05) is 0 Å². The second-order valence-electron chi connectivity index (χ2n) is 6.04. The summed E-state index contributed by atoms with van der Waals surface area (Å²) in [6.07, 6.45) is -0.695. The Hall–Kier alpha value is -2.01. The van der Waals surface area contributed by atoms with Gasteiger partial charge in [0.25, 0.3) is 5.69 Å². The number of thioether (sulfide) groups is 1. The molecule has 0 saturated carbocycles. The van der Waals surface area contributed by atoms with Crippen LogP contribution in [0, 0.1) is 10.1 Å². The van der Waals surface area contributed by atoms with Crippen LogP contribution in [-0.2, 0) is 14.6 Å². The maximum atomic E-state index is 12.3. The largest absolute Gasteiger partial charge is 0.448 e. The van der Waals surface area contributed by atoms with Crippen LogP contribution in [0.1, 0.15) is 10.8 Å². The van der Waals surface area contributed by atoms with Gasteiger partial charge in [0.15, 0.2) is 9.84 Å². The van der Waals surface area contributed by atoms with Crippen LogP contribution in [0.5, 0.6) is 0 Å². The van der Waals surface area contributed by atoms with Crippen LogP contribution in [0.25, 0.3) is 0 Å². The molecule has 12 heteroatoms. The highest BCUT2D eigenvalue weighted by Crippen LogP contribution is 2.43. The Morgan fingerprint density at radius 2 is 1.93 bits per heavy atom. The van der Waals surface area contributed by atoms with Crippen molar-refractivity contribution in [3.05, 3.63) is 62.1 Å². The smallest absolute Gasteiger partial charge is 0.411 e. The van der Waals surface area contributed by atoms with E-state index in [9.17, 15) is 23.3 Å². The normalized spacial score (nSPS) is 16.8. The molecule has 1 amide bonds. The third-order valence-electron chi connectivity index (χ3n) is 4.01. The molecule has 1 aliphatic rings. The maximum absolute atomic E-state index is 12.3. The molecule has 0 aromatic heterocycles. The minimum absolute atomic E-state index is 0.0132. The van der Waals surface area contributed by atoms with Gasteiger partial charge in [0.2, 0.25) is 0 Å². The molecule has 1 atom stereocenters. The molecule has 29 heavy (non-hydrogen) atoms. The lowest BCUT2D eigenvalue weighted by Crippen LogP contribution is -2.15. The molecule has 0 fully saturated rings. The molecule has 154 valence electrons. The summed E-state index contributed by atoms with van der Waals surface area (Å²) >= 11 is 13.0. The number of nitro groups is 1. The number of rotatable bonds is 6. The first kappa shape index (κ1) is 21.7. The van der Waals surface area contributed by atoms with Crippen molar-refractivity contribution in [1.82, 2.24) is 0 Å². The lowest BCUT2D eigenvalue weighted by atomic mass is 10.1. The van der Waals surface area contributed by atoms with Crippen molar-refractivity contribution in [2.45, 2.75) is 10.1 Å². The molecule has 2 aromatic rings. The molecule has 1 aliphatic heterocycles. The Morgan fingerprint density at radius 3 is 2.59 bits per heavy atom. The fourth-order valence-corrected chi connectivity index (χ4v) is 6.79. The molecule has 0 saturated heterocycles. The summed E-state index contributed by atoms with van der Waals surface area (Å²) < 4.78 is 29.6. The van der Waals surface area contributed by atoms with E-state index in [1.165, 1.54) is 42.1 Å². The van der Waals surface area contributed by atoms with Gasteiger partial charge >= 0.3 is 6.09 Å². The minimum atomic E-state index is -3.58. The molecule has 2 aromatic carbocycles. The number of hydrogen-bond donors (Lipinski definition) is 1. The summed E-state index contributed by atoms with van der Waals surface area (Å²) in [5.74, 6) is 0.196. The highest BCUT2D eigenvalue weighted by Gasteiger charge is 2.36. The van der Waals surface area contributed by atoms with Gasteiger partial charge in [-0.25, -0.2) is 13.2 Å². The number of ether oxygens (including phenoxy) is 1. The quantitative estimate of drug-likeness (QED) is 0.364. The average molecular weight is 477 g/mol. The number of fused-ring (bicyclic) bond motifs is 1. The fourth-order valence-electron chi connectivity index (χ4n) is 2.79. The van der Waals surface area contributed by atoms with Gasteiger partial charge in [0.1, 0.15) is 6.61 Å². The topological polar surface area (TPSA) is 116 Å². The van der Waals surface area contributed by atoms with Crippen molar-refractivity contribution in [3.8, 4) is 0 Å². The van der Waals surface area contributed by atoms with Crippen molar-refractivity contribution in [2.24, 2.45) is 0 Å². The third-order valence-corrected chi connectivity index (χ3v) is 7.67. The molecule has 1 heterocycles. The number of nitrogens with zero attached hydrogens (tertiary/aromatic N) is 1. The monoisotopic (exact) mass is 476 g/mol. The van der Waals surface area contributed by atoms with Crippen molar-refractivity contribution >= 4 is 62.3 Å². The van der Waals surface area contributed by atoms with Crippen LogP contribution < -0.4 is 5.32 Å². The van der Waals surface area contributed by atoms with Crippen LogP contribution in [0.4, 0.5) is 16.2 Å². The molecule has 3 rings (SSSR count). The van der Waals surface area contributed by atoms with Gasteiger partial charge in [-0.15, -0.1) is 11.8 Å². The van der Waals surface area contributed by atoms with E-state index in [-0.39, 0.29) is 28.2 Å². The standard InChI is InChI=1S/C17H14Cl2N2O6S2/c18-10-5-11(19)7-12(6-10)20-17(22)27-3-4-28-15-9-29(25,26)16-8-13(21(23)24)1-2-14(15)16/h1-2,5-8,15H,3-4,9H2,(H,20,22). The predicted molar refractivity (Wildman–Crippen MR) is 112 cm³/mol. The number of carbonyl (C=O) groups excluding carboxylic acids is 1. The summed E-state index contributed by atoms with van der Waals surface area (Å²) in [5.41, 5.74) is 0.648. The van der Waals surface area contributed by atoms with E-state index < -0.39 is 20.9 Å². The summed E-state index contributed by atoms with van der Waals surface area (Å²) in [4.78, 5) is 22.1. The van der Waals surface area contributed by atoms with Crippen molar-refractivity contribution in [2.75, 3.05) is 23.4 Å². The summed E-state index contributed by atoms with van der Waals surface area (Å²) in [5, 5.41) is 13.7. The number of sulfone groups is 1. The summed E-state index contributed by atoms with van der Waals surface area (Å²) in [7, 11) is -3.58. The van der Waals surface area contributed by atoms with E-state index in [1.54, 1.807) is 0 Å². The maximum Gasteiger partial charge on any atom is 0.411 e. The Kier molecular flexibility index (Phi) is 6.57. The highest BCUT2D eigenvalue weighted by molar-refractivity contribution is 8.01. The van der Waals surface area contributed by atoms with Gasteiger partial charge in [0.05, 0.1) is 15.6 Å². The zero-order valence-corrected chi connectivity index (χ0v) is 17.8. The Balaban J connectivity index is 1.54. The molecule has 0 radical (unpaired) electrons. The van der Waals surface area contributed by atoms with Crippen LogP contribution >= 0.6 is 35.0 Å². The van der Waals surface area contributed by atoms with Crippen molar-refractivity contribution < 1.29 is 22.9 Å². The van der Waals surface area contributed by atoms with Gasteiger partial charge in [-0.2, -0.15) is 0 Å². The van der Waals surface area contributed by atoms with Gasteiger partial charge in [-0.1, -0.05) is 23.2 Å². The number of amides is 1. The average Bonchev–Trinajstić information content (AvgIpc) is 2.88. The fraction of sp³-hybridized carbons (Fsp3) is 0.235. The lowest BCUT2D eigenvalue weighted by Gasteiger charge is -2.11. The number of benzene rings is 2. The van der Waals surface area contributed by atoms with Crippen molar-refractivity contribution in [3.63, 3.8) is 0 Å². The molecular formula is C17H14Cl2N2O6S2. The molecule has 0 aliphatic carbocycles. The first-order chi connectivity index (χ1) is 13.7. The van der Waals surface area contributed by atoms with Crippen molar-refractivity contribution in [1.29, 1.82) is 0 Å². The molecule has 8 nitrogen and oxygen atoms in total. The SMILES string of the molecule is O=C(Nc1cc(Cl)cc(Cl)c1)OCCSC1CS(=O)(=O)c2cc([N+](=O)[O-])ccc21. The van der Waals surface area contributed by atoms with E-state index in [2.05, 4.69) is 5.32 Å². The molecule has 1 N–H and O–H groups in total. The number of anilines is 1. The lowest BCUT2D eigenvalue weighted by molar-refractivity contribution is -0.385. The zero-order chi connectivity index (χ0) is 21.2. The molecule has 0 bridgehead atoms. The number of nitrogens with one attached hydrogen (secondary N) is 1. The minimum Gasteiger partial charge on any atom is -0.448 e. The number of carbonyl (C=O) groups is 1. The second-order valence-corrected chi connectivity index (χ2v) is 10.2. The number of halogens is 2. The number of non-ortho nitro benzene ring substituents is 1. The van der Waals surface area contributed by atoms with Gasteiger partial charge in [0, 0.05) is 38.9 Å². The molecular weight excluding hydrogens is 463 g/mol. The summed E-state index contributed by atoms with van der Waals surface area (Å²) in [6, 6.07) is 8.40. The van der Waals surface area contributed by atoms with Gasteiger partial charge in [-0.05, 0) is 29.8 Å². The Labute approximate surface area is 180 Å². The Bertz CT molecular complexity index is 1060. The zero-order valence-electron chi connectivity index (χ0n) is 14.6. The third kappa shape index (κ3) is 5.33. The highest BCUT2D eigenvalue weighted by atomic mass is 35.5. The second kappa shape index (κ2) is 8.78. The van der Waals surface area contributed by atoms with Gasteiger partial charge < -0.3 is 4.74 Å². The van der Waals surface area contributed by atoms with Crippen LogP contribution in [0.3, 0.4) is 0 Å². The number of nitro benzene ring substituents is 1. The van der Waals surface area contributed by atoms with E-state index in [0.717, 1.165) is 6.07 Å². The molecule has 1 unspecified atom stereocenters. The first-order valence-electron chi connectivity index (χ1n) is 8.18. The summed E-state index contributed by atoms with van der Waals surface area (Å²) in [6.45, 7) is 0.0453. The van der Waals surface area contributed by atoms with E-state index in [4.69, 9.17) is 27.9 Å². The molecule has 0 spiro atoms. The van der Waals surface area contributed by atoms with Crippen LogP contribution in [0.15, 0.2) is 41.3 Å². The van der Waals surface area contributed by atoms with E-state index in [0.29, 0.717) is 27.0 Å².